The minimum Gasteiger partial charge on any atom is -0.487 e. The molecule has 40 heavy (non-hydrogen) atoms. The number of amides is 1. The van der Waals surface area contributed by atoms with E-state index in [1.165, 1.54) is 0 Å². The van der Waals surface area contributed by atoms with E-state index in [1.807, 2.05) is 91.9 Å². The summed E-state index contributed by atoms with van der Waals surface area (Å²) < 4.78 is 16.5. The lowest BCUT2D eigenvalue weighted by atomic mass is 10.1. The Kier molecular flexibility index (Phi) is 10.0. The normalized spacial score (nSPS) is 11.1. The number of nitrogens with one attached hydrogen (secondary N) is 1. The molecule has 9 heteroatoms. The molecule has 3 aromatic carbocycles. The van der Waals surface area contributed by atoms with Gasteiger partial charge in [-0.05, 0) is 49.2 Å². The Balaban J connectivity index is 1.31. The minimum absolute atomic E-state index is 0.0519. The first-order valence-corrected chi connectivity index (χ1v) is 12.9. The molecule has 0 unspecified atom stereocenters. The minimum atomic E-state index is -0.495. The van der Waals surface area contributed by atoms with Crippen molar-refractivity contribution >= 4 is 17.6 Å². The zero-order valence-electron chi connectivity index (χ0n) is 22.5. The van der Waals surface area contributed by atoms with Crippen molar-refractivity contribution in [1.82, 2.24) is 10.3 Å². The van der Waals surface area contributed by atoms with Gasteiger partial charge in [0.25, 0.3) is 0 Å². The second-order valence-electron chi connectivity index (χ2n) is 8.76. The van der Waals surface area contributed by atoms with Gasteiger partial charge in [0.15, 0.2) is 0 Å². The number of carbonyl (C=O) groups is 2. The number of hydrogen-bond acceptors (Lipinski definition) is 8. The summed E-state index contributed by atoms with van der Waals surface area (Å²) in [6.07, 6.45) is -0.0519. The van der Waals surface area contributed by atoms with Crippen molar-refractivity contribution in [3.05, 3.63) is 108 Å². The molecule has 0 bridgehead atoms. The summed E-state index contributed by atoms with van der Waals surface area (Å²) >= 11 is 0. The molecule has 206 valence electrons. The highest BCUT2D eigenvalue weighted by Crippen LogP contribution is 2.23. The lowest BCUT2D eigenvalue weighted by molar-refractivity contribution is -0.143. The Morgan fingerprint density at radius 3 is 2.33 bits per heavy atom. The number of esters is 1. The zero-order chi connectivity index (χ0) is 28.2. The molecule has 1 heterocycles. The molecule has 0 aliphatic carbocycles. The van der Waals surface area contributed by atoms with E-state index in [-0.39, 0.29) is 38.7 Å². The highest BCUT2D eigenvalue weighted by molar-refractivity contribution is 6.10. The van der Waals surface area contributed by atoms with Gasteiger partial charge >= 0.3 is 5.97 Å². The van der Waals surface area contributed by atoms with Crippen LogP contribution in [-0.4, -0.2) is 35.7 Å². The van der Waals surface area contributed by atoms with Crippen molar-refractivity contribution in [2.24, 2.45) is 5.16 Å². The second-order valence-corrected chi connectivity index (χ2v) is 8.76. The summed E-state index contributed by atoms with van der Waals surface area (Å²) in [5.74, 6) is 1.10. The van der Waals surface area contributed by atoms with Crippen LogP contribution in [0.3, 0.4) is 0 Å². The number of rotatable bonds is 13. The fraction of sp³-hybridized carbons (Fsp3) is 0.226. The van der Waals surface area contributed by atoms with E-state index in [0.717, 1.165) is 22.4 Å². The molecule has 1 amide bonds. The van der Waals surface area contributed by atoms with Crippen LogP contribution in [0.4, 0.5) is 0 Å². The zero-order valence-corrected chi connectivity index (χ0v) is 22.5. The SMILES string of the molecule is CCOC(=O)CNC(=O)C/C(=N\OCc1ccc(OCc2nc(-c3ccccc3)oc2C)cc1)c1ccccc1. The van der Waals surface area contributed by atoms with Gasteiger partial charge in [-0.2, -0.15) is 0 Å². The topological polar surface area (TPSA) is 112 Å². The van der Waals surface area contributed by atoms with E-state index in [9.17, 15) is 9.59 Å². The summed E-state index contributed by atoms with van der Waals surface area (Å²) in [6, 6.07) is 26.4. The number of nitrogens with zero attached hydrogens (tertiary/aromatic N) is 2. The Morgan fingerprint density at radius 2 is 1.62 bits per heavy atom. The molecule has 0 aliphatic rings. The molecule has 0 saturated carbocycles. The van der Waals surface area contributed by atoms with Gasteiger partial charge in [-0.1, -0.05) is 65.8 Å². The molecular formula is C31H31N3O6. The van der Waals surface area contributed by atoms with Gasteiger partial charge in [-0.15, -0.1) is 0 Å². The first kappa shape index (κ1) is 28.1. The average Bonchev–Trinajstić information content (AvgIpc) is 3.36. The monoisotopic (exact) mass is 541 g/mol. The quantitative estimate of drug-likeness (QED) is 0.140. The molecule has 0 fully saturated rings. The van der Waals surface area contributed by atoms with E-state index in [4.69, 9.17) is 18.7 Å². The third kappa shape index (κ3) is 8.29. The van der Waals surface area contributed by atoms with Crippen LogP contribution in [0.2, 0.25) is 0 Å². The summed E-state index contributed by atoms with van der Waals surface area (Å²) in [5, 5.41) is 6.76. The number of aromatic nitrogens is 1. The van der Waals surface area contributed by atoms with Crippen molar-refractivity contribution in [1.29, 1.82) is 0 Å². The van der Waals surface area contributed by atoms with Gasteiger partial charge in [0, 0.05) is 5.56 Å². The van der Waals surface area contributed by atoms with Crippen LogP contribution < -0.4 is 10.1 Å². The van der Waals surface area contributed by atoms with Gasteiger partial charge in [-0.3, -0.25) is 9.59 Å². The lowest BCUT2D eigenvalue weighted by Crippen LogP contribution is -2.32. The lowest BCUT2D eigenvalue weighted by Gasteiger charge is -2.09. The van der Waals surface area contributed by atoms with Gasteiger partial charge in [0.05, 0.1) is 18.7 Å². The third-order valence-electron chi connectivity index (χ3n) is 5.79. The van der Waals surface area contributed by atoms with Crippen LogP contribution in [0.25, 0.3) is 11.5 Å². The van der Waals surface area contributed by atoms with Crippen molar-refractivity contribution in [3.8, 4) is 17.2 Å². The molecule has 1 aromatic heterocycles. The highest BCUT2D eigenvalue weighted by Gasteiger charge is 2.14. The maximum absolute atomic E-state index is 12.4. The van der Waals surface area contributed by atoms with Crippen LogP contribution in [0.15, 0.2) is 94.5 Å². The van der Waals surface area contributed by atoms with Crippen LogP contribution in [0.5, 0.6) is 5.75 Å². The van der Waals surface area contributed by atoms with Crippen LogP contribution in [-0.2, 0) is 32.4 Å². The van der Waals surface area contributed by atoms with Crippen LogP contribution in [0, 0.1) is 6.92 Å². The number of carbonyl (C=O) groups excluding carboxylic acids is 2. The van der Waals surface area contributed by atoms with Crippen molar-refractivity contribution in [2.75, 3.05) is 13.2 Å². The molecule has 0 atom stereocenters. The number of oxazole rings is 1. The maximum atomic E-state index is 12.4. The number of hydrogen-bond donors (Lipinski definition) is 1. The van der Waals surface area contributed by atoms with Gasteiger partial charge < -0.3 is 24.0 Å². The average molecular weight is 542 g/mol. The van der Waals surface area contributed by atoms with Crippen molar-refractivity contribution in [3.63, 3.8) is 0 Å². The van der Waals surface area contributed by atoms with Crippen molar-refractivity contribution < 1.29 is 28.3 Å². The second kappa shape index (κ2) is 14.3. The van der Waals surface area contributed by atoms with Crippen LogP contribution in [0.1, 0.15) is 35.9 Å². The summed E-state index contributed by atoms with van der Waals surface area (Å²) in [5.41, 5.74) is 3.71. The smallest absolute Gasteiger partial charge is 0.325 e. The predicted molar refractivity (Wildman–Crippen MR) is 149 cm³/mol. The van der Waals surface area contributed by atoms with Gasteiger partial charge in [0.1, 0.15) is 37.0 Å². The van der Waals surface area contributed by atoms with Crippen LogP contribution >= 0.6 is 0 Å². The van der Waals surface area contributed by atoms with Gasteiger partial charge in [0.2, 0.25) is 11.8 Å². The molecule has 0 spiro atoms. The number of aryl methyl sites for hydroxylation is 1. The maximum Gasteiger partial charge on any atom is 0.325 e. The van der Waals surface area contributed by atoms with Crippen molar-refractivity contribution in [2.45, 2.75) is 33.5 Å². The van der Waals surface area contributed by atoms with E-state index in [0.29, 0.717) is 23.1 Å². The summed E-state index contributed by atoms with van der Waals surface area (Å²) in [7, 11) is 0. The van der Waals surface area contributed by atoms with Gasteiger partial charge in [-0.25, -0.2) is 4.98 Å². The fourth-order valence-electron chi connectivity index (χ4n) is 3.70. The molecule has 1 N–H and O–H groups in total. The molecule has 4 aromatic rings. The molecule has 0 aliphatic heterocycles. The molecule has 0 radical (unpaired) electrons. The molecular weight excluding hydrogens is 510 g/mol. The largest absolute Gasteiger partial charge is 0.487 e. The Labute approximate surface area is 232 Å². The highest BCUT2D eigenvalue weighted by atomic mass is 16.6. The first-order chi connectivity index (χ1) is 19.5. The van der Waals surface area contributed by atoms with E-state index in [1.54, 1.807) is 6.92 Å². The Morgan fingerprint density at radius 1 is 0.925 bits per heavy atom. The number of oxime groups is 1. The predicted octanol–water partition coefficient (Wildman–Crippen LogP) is 5.22. The van der Waals surface area contributed by atoms with E-state index in [2.05, 4.69) is 15.5 Å². The fourth-order valence-corrected chi connectivity index (χ4v) is 3.70. The Bertz CT molecular complexity index is 1420. The number of benzene rings is 3. The van der Waals surface area contributed by atoms with E-state index >= 15 is 0 Å². The first-order valence-electron chi connectivity index (χ1n) is 12.9. The number of ether oxygens (including phenoxy) is 2. The molecule has 0 saturated heterocycles. The Hall–Kier alpha value is -4.92. The molecule has 9 nitrogen and oxygen atoms in total. The third-order valence-corrected chi connectivity index (χ3v) is 5.79. The summed E-state index contributed by atoms with van der Waals surface area (Å²) in [4.78, 5) is 34.1. The summed E-state index contributed by atoms with van der Waals surface area (Å²) in [6.45, 7) is 4.11. The van der Waals surface area contributed by atoms with E-state index < -0.39 is 5.97 Å². The standard InChI is InChI=1S/C31H31N3O6/c1-3-37-30(36)19-32-29(35)18-27(24-10-6-4-7-11-24)34-39-20-23-14-16-26(17-15-23)38-21-28-22(2)40-31(33-28)25-12-8-5-9-13-25/h4-17H,3,18-21H2,1-2H3,(H,32,35)/b34-27+. The molecule has 4 rings (SSSR count).